The fourth-order valence-electron chi connectivity index (χ4n) is 2.27. The van der Waals surface area contributed by atoms with Crippen molar-refractivity contribution in [3.63, 3.8) is 0 Å². The zero-order valence-corrected chi connectivity index (χ0v) is 12.8. The van der Waals surface area contributed by atoms with E-state index in [1.165, 1.54) is 17.8 Å². The van der Waals surface area contributed by atoms with Gasteiger partial charge in [-0.05, 0) is 31.2 Å². The second kappa shape index (κ2) is 7.56. The highest BCUT2D eigenvalue weighted by molar-refractivity contribution is 5.21. The Balaban J connectivity index is 2.04. The molecular weight excluding hydrogens is 278 g/mol. The Morgan fingerprint density at radius 2 is 2.14 bits per heavy atom. The van der Waals surface area contributed by atoms with Crippen LogP contribution in [0.4, 0.5) is 0 Å². The Hall–Kier alpha value is -2.40. The monoisotopic (exact) mass is 299 g/mol. The van der Waals surface area contributed by atoms with Crippen molar-refractivity contribution in [2.75, 3.05) is 13.6 Å². The van der Waals surface area contributed by atoms with Crippen molar-refractivity contribution in [1.29, 1.82) is 0 Å². The zero-order chi connectivity index (χ0) is 15.9. The maximum Gasteiger partial charge on any atom is 0.223 e. The van der Waals surface area contributed by atoms with Crippen LogP contribution in [0.25, 0.3) is 0 Å². The van der Waals surface area contributed by atoms with Gasteiger partial charge in [-0.2, -0.15) is 0 Å². The lowest BCUT2D eigenvalue weighted by molar-refractivity contribution is 0.320. The van der Waals surface area contributed by atoms with Gasteiger partial charge in [-0.25, -0.2) is 0 Å². The first-order chi connectivity index (χ1) is 10.6. The van der Waals surface area contributed by atoms with E-state index in [1.54, 1.807) is 18.5 Å². The first-order valence-electron chi connectivity index (χ1n) is 7.21. The van der Waals surface area contributed by atoms with Gasteiger partial charge in [0.2, 0.25) is 5.43 Å². The van der Waals surface area contributed by atoms with Crippen molar-refractivity contribution in [2.45, 2.75) is 19.5 Å². The van der Waals surface area contributed by atoms with E-state index in [0.717, 1.165) is 18.7 Å². The van der Waals surface area contributed by atoms with Gasteiger partial charge in [0.05, 0.1) is 6.20 Å². The lowest BCUT2D eigenvalue weighted by Crippen LogP contribution is -2.24. The Bertz CT molecular complexity index is 680. The van der Waals surface area contributed by atoms with Gasteiger partial charge in [0.25, 0.3) is 0 Å². The van der Waals surface area contributed by atoms with Crippen LogP contribution in [0.3, 0.4) is 0 Å². The minimum absolute atomic E-state index is 0.231. The smallest absolute Gasteiger partial charge is 0.223 e. The van der Waals surface area contributed by atoms with Crippen LogP contribution in [-0.4, -0.2) is 33.1 Å². The molecule has 0 aliphatic heterocycles. The molecular formula is C17H21N3O2. The standard InChI is InChI=1S/C17H21N3O2/c1-3-9-20-13-17(22)16(21)11-15(20)12-19(2)10-6-14-4-7-18-8-5-14/h3-5,7-8,11,13,22H,1,6,9-10,12H2,2H3. The number of aromatic nitrogens is 2. The maximum absolute atomic E-state index is 11.6. The van der Waals surface area contributed by atoms with Crippen molar-refractivity contribution >= 4 is 0 Å². The first kappa shape index (κ1) is 16.0. The molecule has 0 aliphatic carbocycles. The van der Waals surface area contributed by atoms with E-state index < -0.39 is 0 Å². The lowest BCUT2D eigenvalue weighted by Gasteiger charge is -2.20. The molecule has 0 unspecified atom stereocenters. The molecule has 0 saturated heterocycles. The third-order valence-corrected chi connectivity index (χ3v) is 3.49. The van der Waals surface area contributed by atoms with Gasteiger partial charge in [-0.1, -0.05) is 6.08 Å². The van der Waals surface area contributed by atoms with Gasteiger partial charge in [0, 0.05) is 43.8 Å². The van der Waals surface area contributed by atoms with Crippen molar-refractivity contribution in [3.8, 4) is 5.75 Å². The Morgan fingerprint density at radius 1 is 1.41 bits per heavy atom. The summed E-state index contributed by atoms with van der Waals surface area (Å²) in [6, 6.07) is 5.49. The van der Waals surface area contributed by atoms with Gasteiger partial charge >= 0.3 is 0 Å². The molecule has 22 heavy (non-hydrogen) atoms. The summed E-state index contributed by atoms with van der Waals surface area (Å²) in [6.07, 6.45) is 7.71. The SMILES string of the molecule is C=CCn1cc(O)c(=O)cc1CN(C)CCc1ccncc1. The predicted molar refractivity (Wildman–Crippen MR) is 86.8 cm³/mol. The molecule has 2 aromatic heterocycles. The van der Waals surface area contributed by atoms with Crippen molar-refractivity contribution in [1.82, 2.24) is 14.5 Å². The molecule has 2 aromatic rings. The largest absolute Gasteiger partial charge is 0.503 e. The van der Waals surface area contributed by atoms with E-state index >= 15 is 0 Å². The molecule has 0 saturated carbocycles. The number of nitrogens with zero attached hydrogens (tertiary/aromatic N) is 3. The van der Waals surface area contributed by atoms with Gasteiger partial charge in [0.15, 0.2) is 5.75 Å². The molecule has 0 fully saturated rings. The number of likely N-dealkylation sites (N-methyl/N-ethyl adjacent to an activating group) is 1. The number of rotatable bonds is 7. The highest BCUT2D eigenvalue weighted by Crippen LogP contribution is 2.08. The Labute approximate surface area is 130 Å². The Morgan fingerprint density at radius 3 is 2.82 bits per heavy atom. The van der Waals surface area contributed by atoms with Crippen LogP contribution in [0.1, 0.15) is 11.3 Å². The summed E-state index contributed by atoms with van der Waals surface area (Å²) in [6.45, 7) is 5.76. The molecule has 0 aliphatic rings. The summed E-state index contributed by atoms with van der Waals surface area (Å²) in [5.74, 6) is -0.231. The van der Waals surface area contributed by atoms with Gasteiger partial charge in [-0.15, -0.1) is 6.58 Å². The molecule has 2 heterocycles. The average Bonchev–Trinajstić information content (AvgIpc) is 2.51. The number of allylic oxidation sites excluding steroid dienone is 1. The third-order valence-electron chi connectivity index (χ3n) is 3.49. The van der Waals surface area contributed by atoms with Crippen molar-refractivity contribution < 1.29 is 5.11 Å². The fourth-order valence-corrected chi connectivity index (χ4v) is 2.27. The molecule has 0 atom stereocenters. The van der Waals surface area contributed by atoms with Crippen LogP contribution in [0, 0.1) is 0 Å². The van der Waals surface area contributed by atoms with Gasteiger partial charge < -0.3 is 14.6 Å². The molecule has 116 valence electrons. The molecule has 0 bridgehead atoms. The van der Waals surface area contributed by atoms with Crippen LogP contribution in [0.15, 0.2) is 54.2 Å². The molecule has 5 heteroatoms. The van der Waals surface area contributed by atoms with Crippen LogP contribution in [0.2, 0.25) is 0 Å². The summed E-state index contributed by atoms with van der Waals surface area (Å²) < 4.78 is 1.84. The van der Waals surface area contributed by atoms with Crippen LogP contribution in [0.5, 0.6) is 5.75 Å². The van der Waals surface area contributed by atoms with Gasteiger partial charge in [0.1, 0.15) is 0 Å². The predicted octanol–water partition coefficient (Wildman–Crippen LogP) is 1.81. The molecule has 0 spiro atoms. The molecule has 0 radical (unpaired) electrons. The zero-order valence-electron chi connectivity index (χ0n) is 12.8. The van der Waals surface area contributed by atoms with E-state index in [1.807, 2.05) is 23.7 Å². The topological polar surface area (TPSA) is 58.4 Å². The summed E-state index contributed by atoms with van der Waals surface area (Å²) in [5.41, 5.74) is 1.74. The summed E-state index contributed by atoms with van der Waals surface area (Å²) in [4.78, 5) is 17.8. The maximum atomic E-state index is 11.6. The Kier molecular flexibility index (Phi) is 5.49. The second-order valence-electron chi connectivity index (χ2n) is 5.30. The molecule has 2 rings (SSSR count). The van der Waals surface area contributed by atoms with E-state index in [9.17, 15) is 9.90 Å². The average molecular weight is 299 g/mol. The number of aromatic hydroxyl groups is 1. The lowest BCUT2D eigenvalue weighted by atomic mass is 10.2. The highest BCUT2D eigenvalue weighted by atomic mass is 16.3. The van der Waals surface area contributed by atoms with Crippen molar-refractivity contribution in [3.05, 3.63) is 70.9 Å². The normalized spacial score (nSPS) is 10.8. The number of hydrogen-bond donors (Lipinski definition) is 1. The van der Waals surface area contributed by atoms with E-state index in [2.05, 4.69) is 16.5 Å². The van der Waals surface area contributed by atoms with E-state index in [4.69, 9.17) is 0 Å². The minimum atomic E-state index is -0.349. The van der Waals surface area contributed by atoms with Crippen LogP contribution < -0.4 is 5.43 Å². The van der Waals surface area contributed by atoms with E-state index in [0.29, 0.717) is 13.1 Å². The van der Waals surface area contributed by atoms with Crippen LogP contribution >= 0.6 is 0 Å². The highest BCUT2D eigenvalue weighted by Gasteiger charge is 2.08. The molecule has 1 N–H and O–H groups in total. The van der Waals surface area contributed by atoms with Gasteiger partial charge in [-0.3, -0.25) is 9.78 Å². The fraction of sp³-hybridized carbons (Fsp3) is 0.294. The summed E-state index contributed by atoms with van der Waals surface area (Å²) in [7, 11) is 2.01. The quantitative estimate of drug-likeness (QED) is 0.792. The number of hydrogen-bond acceptors (Lipinski definition) is 4. The van der Waals surface area contributed by atoms with Crippen molar-refractivity contribution in [2.24, 2.45) is 0 Å². The molecule has 0 aromatic carbocycles. The summed E-state index contributed by atoms with van der Waals surface area (Å²) in [5, 5.41) is 9.55. The summed E-state index contributed by atoms with van der Waals surface area (Å²) >= 11 is 0. The number of pyridine rings is 2. The van der Waals surface area contributed by atoms with Crippen LogP contribution in [-0.2, 0) is 19.5 Å². The van der Waals surface area contributed by atoms with E-state index in [-0.39, 0.29) is 11.2 Å². The third kappa shape index (κ3) is 4.30. The first-order valence-corrected chi connectivity index (χ1v) is 7.21. The molecule has 0 amide bonds. The molecule has 5 nitrogen and oxygen atoms in total. The second-order valence-corrected chi connectivity index (χ2v) is 5.30. The minimum Gasteiger partial charge on any atom is -0.503 e.